The maximum absolute atomic E-state index is 11.2. The van der Waals surface area contributed by atoms with Crippen molar-refractivity contribution in [1.29, 1.82) is 0 Å². The number of pyridine rings is 1. The SMILES string of the molecule is Cc1ccc(=O)[nH]c1CN1CCNCC1. The van der Waals surface area contributed by atoms with Gasteiger partial charge in [-0.15, -0.1) is 0 Å². The lowest BCUT2D eigenvalue weighted by molar-refractivity contribution is 0.230. The molecule has 0 spiro atoms. The van der Waals surface area contributed by atoms with Crippen LogP contribution in [0.3, 0.4) is 0 Å². The van der Waals surface area contributed by atoms with Crippen LogP contribution in [0.4, 0.5) is 0 Å². The van der Waals surface area contributed by atoms with Crippen LogP contribution in [-0.2, 0) is 6.54 Å². The Morgan fingerprint density at radius 3 is 2.80 bits per heavy atom. The number of H-pyrrole nitrogens is 1. The van der Waals surface area contributed by atoms with Gasteiger partial charge in [-0.1, -0.05) is 6.07 Å². The molecule has 4 heteroatoms. The summed E-state index contributed by atoms with van der Waals surface area (Å²) >= 11 is 0. The number of nitrogens with zero attached hydrogens (tertiary/aromatic N) is 1. The molecule has 1 aliphatic heterocycles. The molecule has 0 aromatic carbocycles. The minimum atomic E-state index is -0.00858. The van der Waals surface area contributed by atoms with Crippen LogP contribution in [0.2, 0.25) is 0 Å². The molecule has 1 aromatic rings. The van der Waals surface area contributed by atoms with Crippen molar-refractivity contribution in [3.8, 4) is 0 Å². The minimum Gasteiger partial charge on any atom is -0.325 e. The van der Waals surface area contributed by atoms with Gasteiger partial charge in [-0.25, -0.2) is 0 Å². The Balaban J connectivity index is 2.08. The summed E-state index contributed by atoms with van der Waals surface area (Å²) in [5.41, 5.74) is 2.20. The van der Waals surface area contributed by atoms with Crippen LogP contribution in [0.25, 0.3) is 0 Å². The molecule has 82 valence electrons. The molecule has 0 amide bonds. The van der Waals surface area contributed by atoms with E-state index in [4.69, 9.17) is 0 Å². The van der Waals surface area contributed by atoms with Gasteiger partial charge >= 0.3 is 0 Å². The van der Waals surface area contributed by atoms with Crippen LogP contribution in [-0.4, -0.2) is 36.1 Å². The van der Waals surface area contributed by atoms with Gasteiger partial charge in [0.1, 0.15) is 0 Å². The predicted octanol–water partition coefficient (Wildman–Crippen LogP) is 0.0885. The lowest BCUT2D eigenvalue weighted by atomic mass is 10.2. The lowest BCUT2D eigenvalue weighted by Crippen LogP contribution is -2.43. The van der Waals surface area contributed by atoms with Gasteiger partial charge in [0.2, 0.25) is 5.56 Å². The summed E-state index contributed by atoms with van der Waals surface area (Å²) in [5.74, 6) is 0. The molecule has 0 bridgehead atoms. The van der Waals surface area contributed by atoms with Crippen molar-refractivity contribution in [1.82, 2.24) is 15.2 Å². The van der Waals surface area contributed by atoms with Gasteiger partial charge in [-0.2, -0.15) is 0 Å². The first kappa shape index (κ1) is 10.4. The van der Waals surface area contributed by atoms with E-state index in [0.29, 0.717) is 0 Å². The maximum Gasteiger partial charge on any atom is 0.248 e. The zero-order valence-electron chi connectivity index (χ0n) is 9.05. The largest absolute Gasteiger partial charge is 0.325 e. The Labute approximate surface area is 89.3 Å². The highest BCUT2D eigenvalue weighted by Gasteiger charge is 2.11. The number of piperazine rings is 1. The molecule has 2 heterocycles. The van der Waals surface area contributed by atoms with Crippen molar-refractivity contribution in [2.75, 3.05) is 26.2 Å². The fourth-order valence-corrected chi connectivity index (χ4v) is 1.85. The summed E-state index contributed by atoms with van der Waals surface area (Å²) in [6, 6.07) is 3.47. The monoisotopic (exact) mass is 207 g/mol. The molecule has 0 saturated carbocycles. The highest BCUT2D eigenvalue weighted by Crippen LogP contribution is 2.06. The number of aromatic nitrogens is 1. The lowest BCUT2D eigenvalue weighted by Gasteiger charge is -2.27. The summed E-state index contributed by atoms with van der Waals surface area (Å²) in [6.07, 6.45) is 0. The van der Waals surface area contributed by atoms with E-state index < -0.39 is 0 Å². The van der Waals surface area contributed by atoms with Crippen molar-refractivity contribution >= 4 is 0 Å². The van der Waals surface area contributed by atoms with E-state index in [-0.39, 0.29) is 5.56 Å². The second kappa shape index (κ2) is 4.59. The van der Waals surface area contributed by atoms with Gasteiger partial charge < -0.3 is 10.3 Å². The molecule has 2 rings (SSSR count). The molecule has 1 saturated heterocycles. The third kappa shape index (κ3) is 2.67. The van der Waals surface area contributed by atoms with E-state index >= 15 is 0 Å². The van der Waals surface area contributed by atoms with E-state index in [0.717, 1.165) is 44.0 Å². The maximum atomic E-state index is 11.2. The fraction of sp³-hybridized carbons (Fsp3) is 0.545. The molecule has 0 aliphatic carbocycles. The van der Waals surface area contributed by atoms with Crippen LogP contribution in [0.1, 0.15) is 11.3 Å². The van der Waals surface area contributed by atoms with Crippen molar-refractivity contribution in [3.63, 3.8) is 0 Å². The predicted molar refractivity (Wildman–Crippen MR) is 59.9 cm³/mol. The topological polar surface area (TPSA) is 48.1 Å². The van der Waals surface area contributed by atoms with Crippen molar-refractivity contribution < 1.29 is 0 Å². The average molecular weight is 207 g/mol. The molecule has 0 radical (unpaired) electrons. The second-order valence-corrected chi connectivity index (χ2v) is 4.01. The number of nitrogens with one attached hydrogen (secondary N) is 2. The average Bonchev–Trinajstić information content (AvgIpc) is 2.25. The number of aryl methyl sites for hydroxylation is 1. The third-order valence-corrected chi connectivity index (χ3v) is 2.83. The van der Waals surface area contributed by atoms with E-state index in [1.807, 2.05) is 13.0 Å². The standard InChI is InChI=1S/C11H17N3O/c1-9-2-3-11(15)13-10(9)8-14-6-4-12-5-7-14/h2-3,12H,4-8H2,1H3,(H,13,15). The number of hydrogen-bond acceptors (Lipinski definition) is 3. The Kier molecular flexibility index (Phi) is 3.18. The first-order valence-corrected chi connectivity index (χ1v) is 5.37. The molecule has 15 heavy (non-hydrogen) atoms. The molecule has 2 N–H and O–H groups in total. The van der Waals surface area contributed by atoms with Gasteiger partial charge in [0.05, 0.1) is 0 Å². The number of hydrogen-bond donors (Lipinski definition) is 2. The molecule has 0 atom stereocenters. The highest BCUT2D eigenvalue weighted by molar-refractivity contribution is 5.17. The summed E-state index contributed by atoms with van der Waals surface area (Å²) in [4.78, 5) is 16.5. The van der Waals surface area contributed by atoms with Crippen LogP contribution in [0.15, 0.2) is 16.9 Å². The normalized spacial score (nSPS) is 17.9. The zero-order valence-corrected chi connectivity index (χ0v) is 9.05. The molecule has 1 aromatic heterocycles. The smallest absolute Gasteiger partial charge is 0.248 e. The highest BCUT2D eigenvalue weighted by atomic mass is 16.1. The Bertz CT molecular complexity index is 380. The first-order valence-electron chi connectivity index (χ1n) is 5.37. The Morgan fingerprint density at radius 1 is 1.33 bits per heavy atom. The van der Waals surface area contributed by atoms with E-state index in [1.165, 1.54) is 0 Å². The quantitative estimate of drug-likeness (QED) is 0.722. The van der Waals surface area contributed by atoms with Crippen LogP contribution in [0.5, 0.6) is 0 Å². The Hall–Kier alpha value is -1.13. The molecule has 1 fully saturated rings. The summed E-state index contributed by atoms with van der Waals surface area (Å²) < 4.78 is 0. The van der Waals surface area contributed by atoms with Crippen LogP contribution >= 0.6 is 0 Å². The third-order valence-electron chi connectivity index (χ3n) is 2.83. The molecule has 0 unspecified atom stereocenters. The molecular weight excluding hydrogens is 190 g/mol. The van der Waals surface area contributed by atoms with E-state index in [9.17, 15) is 4.79 Å². The van der Waals surface area contributed by atoms with E-state index in [2.05, 4.69) is 15.2 Å². The Morgan fingerprint density at radius 2 is 2.07 bits per heavy atom. The molecule has 1 aliphatic rings. The van der Waals surface area contributed by atoms with Gasteiger partial charge in [0.25, 0.3) is 0 Å². The first-order chi connectivity index (χ1) is 7.25. The second-order valence-electron chi connectivity index (χ2n) is 4.01. The van der Waals surface area contributed by atoms with Crippen molar-refractivity contribution in [2.24, 2.45) is 0 Å². The summed E-state index contributed by atoms with van der Waals surface area (Å²) in [7, 11) is 0. The number of aromatic amines is 1. The van der Waals surface area contributed by atoms with Gasteiger partial charge in [0, 0.05) is 44.5 Å². The van der Waals surface area contributed by atoms with Gasteiger partial charge in [0.15, 0.2) is 0 Å². The van der Waals surface area contributed by atoms with Crippen LogP contribution in [0, 0.1) is 6.92 Å². The van der Waals surface area contributed by atoms with Gasteiger partial charge in [-0.3, -0.25) is 9.69 Å². The van der Waals surface area contributed by atoms with Crippen LogP contribution < -0.4 is 10.9 Å². The number of rotatable bonds is 2. The van der Waals surface area contributed by atoms with E-state index in [1.54, 1.807) is 6.07 Å². The fourth-order valence-electron chi connectivity index (χ4n) is 1.85. The molecular formula is C11H17N3O. The minimum absolute atomic E-state index is 0.00858. The molecule has 4 nitrogen and oxygen atoms in total. The van der Waals surface area contributed by atoms with Crippen molar-refractivity contribution in [2.45, 2.75) is 13.5 Å². The summed E-state index contributed by atoms with van der Waals surface area (Å²) in [6.45, 7) is 7.07. The summed E-state index contributed by atoms with van der Waals surface area (Å²) in [5, 5.41) is 3.31. The zero-order chi connectivity index (χ0) is 10.7. The van der Waals surface area contributed by atoms with Crippen molar-refractivity contribution in [3.05, 3.63) is 33.7 Å². The van der Waals surface area contributed by atoms with Gasteiger partial charge in [-0.05, 0) is 12.5 Å².